The Kier molecular flexibility index (Phi) is 5.80. The van der Waals surface area contributed by atoms with E-state index < -0.39 is 11.9 Å². The van der Waals surface area contributed by atoms with Crippen molar-refractivity contribution in [2.45, 2.75) is 13.0 Å². The smallest absolute Gasteiger partial charge is 0.263 e. The Morgan fingerprint density at radius 2 is 1.89 bits per heavy atom. The molecule has 5 rings (SSSR count). The lowest BCUT2D eigenvalue weighted by atomic mass is 9.99. The van der Waals surface area contributed by atoms with Crippen LogP contribution in [0.2, 0.25) is 0 Å². The summed E-state index contributed by atoms with van der Waals surface area (Å²) in [4.78, 5) is 30.2. The van der Waals surface area contributed by atoms with Crippen LogP contribution in [-0.4, -0.2) is 24.5 Å². The van der Waals surface area contributed by atoms with Crippen LogP contribution in [-0.2, 0) is 0 Å². The number of rotatable bonds is 5. The van der Waals surface area contributed by atoms with E-state index in [1.807, 2.05) is 37.3 Å². The van der Waals surface area contributed by atoms with Crippen molar-refractivity contribution in [2.75, 3.05) is 11.1 Å². The number of nitrogens with one attached hydrogen (secondary N) is 1. The third-order valence-electron chi connectivity index (χ3n) is 5.74. The molecule has 0 fully saturated rings. The van der Waals surface area contributed by atoms with Crippen molar-refractivity contribution in [3.8, 4) is 22.9 Å². The number of halogens is 1. The number of nitrogens with two attached hydrogens (primary N) is 1. The monoisotopic (exact) mass is 478 g/mol. The van der Waals surface area contributed by atoms with Crippen LogP contribution in [0.15, 0.2) is 78.2 Å². The van der Waals surface area contributed by atoms with E-state index in [-0.39, 0.29) is 22.9 Å². The molecule has 0 saturated carbocycles. The summed E-state index contributed by atoms with van der Waals surface area (Å²) in [6, 6.07) is 14.6. The average molecular weight is 478 g/mol. The van der Waals surface area contributed by atoms with Crippen LogP contribution in [0.3, 0.4) is 0 Å². The molecule has 0 unspecified atom stereocenters. The summed E-state index contributed by atoms with van der Waals surface area (Å²) in [5.74, 6) is -0.253. The molecule has 36 heavy (non-hydrogen) atoms. The molecule has 3 heterocycles. The summed E-state index contributed by atoms with van der Waals surface area (Å²) in [6.45, 7) is 1.81. The van der Waals surface area contributed by atoms with Gasteiger partial charge in [-0.3, -0.25) is 9.36 Å². The van der Waals surface area contributed by atoms with E-state index in [4.69, 9.17) is 5.73 Å². The SMILES string of the molecule is C[C@H](Nc1nc(N)ncc1C#N)c1cc2cccc(-c3cncnc3)c2c(=O)n1-c1cccc(F)c1. The van der Waals surface area contributed by atoms with Crippen LogP contribution in [0, 0.1) is 17.1 Å². The van der Waals surface area contributed by atoms with Gasteiger partial charge in [-0.05, 0) is 42.1 Å². The zero-order chi connectivity index (χ0) is 25.2. The second-order valence-corrected chi connectivity index (χ2v) is 8.05. The number of benzene rings is 2. The first-order valence-corrected chi connectivity index (χ1v) is 11.0. The van der Waals surface area contributed by atoms with Gasteiger partial charge < -0.3 is 11.1 Å². The van der Waals surface area contributed by atoms with Gasteiger partial charge in [-0.15, -0.1) is 0 Å². The van der Waals surface area contributed by atoms with Crippen molar-refractivity contribution in [3.63, 3.8) is 0 Å². The van der Waals surface area contributed by atoms with Gasteiger partial charge >= 0.3 is 0 Å². The molecule has 0 amide bonds. The van der Waals surface area contributed by atoms with Gasteiger partial charge in [0.1, 0.15) is 29.6 Å². The van der Waals surface area contributed by atoms with Gasteiger partial charge in [0.2, 0.25) is 5.95 Å². The molecule has 0 radical (unpaired) electrons. The van der Waals surface area contributed by atoms with Crippen molar-refractivity contribution in [2.24, 2.45) is 0 Å². The lowest BCUT2D eigenvalue weighted by molar-refractivity contribution is 0.625. The summed E-state index contributed by atoms with van der Waals surface area (Å²) in [7, 11) is 0. The second kappa shape index (κ2) is 9.23. The summed E-state index contributed by atoms with van der Waals surface area (Å²) >= 11 is 0. The predicted octanol–water partition coefficient (Wildman–Crippen LogP) is 4.00. The minimum atomic E-state index is -0.532. The van der Waals surface area contributed by atoms with Crippen molar-refractivity contribution in [1.29, 1.82) is 5.26 Å². The first kappa shape index (κ1) is 22.6. The standard InChI is InChI=1S/C26H19FN8O/c1-15(33-24-17(10-28)13-32-26(29)34-24)22-8-16-4-2-7-21(18-11-30-14-31-12-18)23(16)25(36)35(22)20-6-3-5-19(27)9-20/h2-9,11-15H,1H3,(H3,29,32,33,34)/t15-/m0/s1. The average Bonchev–Trinajstić information content (AvgIpc) is 2.89. The highest BCUT2D eigenvalue weighted by molar-refractivity contribution is 5.96. The molecule has 0 aliphatic rings. The van der Waals surface area contributed by atoms with Crippen LogP contribution >= 0.6 is 0 Å². The molecular formula is C26H19FN8O. The minimum Gasteiger partial charge on any atom is -0.368 e. The van der Waals surface area contributed by atoms with E-state index in [0.29, 0.717) is 33.3 Å². The molecule has 0 aliphatic carbocycles. The lowest BCUT2D eigenvalue weighted by Crippen LogP contribution is -2.26. The number of nitrogen functional groups attached to an aromatic ring is 1. The maximum absolute atomic E-state index is 14.3. The molecule has 2 aromatic carbocycles. The van der Waals surface area contributed by atoms with Gasteiger partial charge in [0.05, 0.1) is 23.3 Å². The van der Waals surface area contributed by atoms with Crippen molar-refractivity contribution in [1.82, 2.24) is 24.5 Å². The minimum absolute atomic E-state index is 0.000505. The zero-order valence-corrected chi connectivity index (χ0v) is 19.1. The maximum atomic E-state index is 14.3. The van der Waals surface area contributed by atoms with Gasteiger partial charge in [-0.25, -0.2) is 19.3 Å². The Balaban J connectivity index is 1.76. The lowest BCUT2D eigenvalue weighted by Gasteiger charge is -2.22. The summed E-state index contributed by atoms with van der Waals surface area (Å²) in [6.07, 6.45) is 6.01. The Bertz CT molecular complexity index is 1700. The van der Waals surface area contributed by atoms with Gasteiger partial charge in [-0.1, -0.05) is 24.3 Å². The van der Waals surface area contributed by atoms with E-state index in [1.54, 1.807) is 24.5 Å². The highest BCUT2D eigenvalue weighted by Gasteiger charge is 2.20. The van der Waals surface area contributed by atoms with E-state index in [1.165, 1.54) is 29.2 Å². The molecule has 176 valence electrons. The number of hydrogen-bond acceptors (Lipinski definition) is 8. The summed E-state index contributed by atoms with van der Waals surface area (Å²) < 4.78 is 15.7. The Morgan fingerprint density at radius 1 is 1.11 bits per heavy atom. The van der Waals surface area contributed by atoms with Crippen molar-refractivity contribution < 1.29 is 4.39 Å². The van der Waals surface area contributed by atoms with E-state index in [2.05, 4.69) is 25.3 Å². The number of nitriles is 1. The van der Waals surface area contributed by atoms with Crippen LogP contribution in [0.4, 0.5) is 16.2 Å². The summed E-state index contributed by atoms with van der Waals surface area (Å²) in [5.41, 5.74) is 7.80. The summed E-state index contributed by atoms with van der Waals surface area (Å²) in [5, 5.41) is 13.7. The number of pyridine rings is 1. The highest BCUT2D eigenvalue weighted by Crippen LogP contribution is 2.30. The molecule has 10 heteroatoms. The highest BCUT2D eigenvalue weighted by atomic mass is 19.1. The second-order valence-electron chi connectivity index (χ2n) is 8.05. The topological polar surface area (TPSA) is 135 Å². The third kappa shape index (κ3) is 4.10. The fourth-order valence-corrected chi connectivity index (χ4v) is 4.13. The Labute approximate surface area is 204 Å². The molecule has 0 bridgehead atoms. The number of fused-ring (bicyclic) bond motifs is 1. The van der Waals surface area contributed by atoms with Crippen molar-refractivity contribution >= 4 is 22.5 Å². The van der Waals surface area contributed by atoms with Crippen LogP contribution in [0.25, 0.3) is 27.6 Å². The molecule has 1 atom stereocenters. The molecule has 0 aliphatic heterocycles. The molecule has 3 aromatic heterocycles. The van der Waals surface area contributed by atoms with Crippen LogP contribution in [0.5, 0.6) is 0 Å². The van der Waals surface area contributed by atoms with Gasteiger partial charge in [0, 0.05) is 23.7 Å². The fourth-order valence-electron chi connectivity index (χ4n) is 4.13. The first-order valence-electron chi connectivity index (χ1n) is 11.0. The quantitative estimate of drug-likeness (QED) is 0.387. The normalized spacial score (nSPS) is 11.7. The van der Waals surface area contributed by atoms with Crippen LogP contribution < -0.4 is 16.6 Å². The number of anilines is 2. The van der Waals surface area contributed by atoms with Crippen molar-refractivity contribution in [3.05, 3.63) is 101 Å². The van der Waals surface area contributed by atoms with Crippen LogP contribution in [0.1, 0.15) is 24.2 Å². The molecule has 9 nitrogen and oxygen atoms in total. The Morgan fingerprint density at radius 3 is 2.64 bits per heavy atom. The van der Waals surface area contributed by atoms with Gasteiger partial charge in [0.15, 0.2) is 0 Å². The van der Waals surface area contributed by atoms with E-state index in [9.17, 15) is 14.4 Å². The first-order chi connectivity index (χ1) is 17.5. The fraction of sp³-hybridized carbons (Fsp3) is 0.0769. The van der Waals surface area contributed by atoms with E-state index in [0.717, 1.165) is 0 Å². The van der Waals surface area contributed by atoms with Gasteiger partial charge in [-0.2, -0.15) is 10.2 Å². The maximum Gasteiger partial charge on any atom is 0.263 e. The zero-order valence-electron chi connectivity index (χ0n) is 19.1. The number of aromatic nitrogens is 5. The molecule has 0 saturated heterocycles. The molecule has 3 N–H and O–H groups in total. The van der Waals surface area contributed by atoms with Gasteiger partial charge in [0.25, 0.3) is 5.56 Å². The number of nitrogens with zero attached hydrogens (tertiary/aromatic N) is 6. The Hall–Kier alpha value is -5.17. The molecule has 0 spiro atoms. The third-order valence-corrected chi connectivity index (χ3v) is 5.74. The number of hydrogen-bond donors (Lipinski definition) is 2. The van der Waals surface area contributed by atoms with E-state index >= 15 is 0 Å². The molecule has 5 aromatic rings. The predicted molar refractivity (Wildman–Crippen MR) is 134 cm³/mol. The largest absolute Gasteiger partial charge is 0.368 e. The molecular weight excluding hydrogens is 459 g/mol.